The fraction of sp³-hybridized carbons (Fsp3) is 0.263. The molecule has 0 bridgehead atoms. The second kappa shape index (κ2) is 6.70. The number of hydrogen-bond acceptors (Lipinski definition) is 5. The van der Waals surface area contributed by atoms with Gasteiger partial charge in [0.05, 0.1) is 16.0 Å². The maximum absolute atomic E-state index is 13.0. The Labute approximate surface area is 165 Å². The maximum Gasteiger partial charge on any atom is 0.431 e. The summed E-state index contributed by atoms with van der Waals surface area (Å²) in [5, 5.41) is 10.0. The SMILES string of the molecule is Cn1c(C(F)(F)F)cc(=O)n(-c2ccc3snc(/C(C#N)=C/C4CC4)c3c2)c1=O. The van der Waals surface area contributed by atoms with Crippen LogP contribution in [0.4, 0.5) is 13.2 Å². The molecule has 1 saturated carbocycles. The van der Waals surface area contributed by atoms with Crippen molar-refractivity contribution < 1.29 is 13.2 Å². The first-order chi connectivity index (χ1) is 13.7. The molecule has 1 aromatic carbocycles. The summed E-state index contributed by atoms with van der Waals surface area (Å²) in [4.78, 5) is 24.8. The third-order valence-corrected chi connectivity index (χ3v) is 5.55. The van der Waals surface area contributed by atoms with Gasteiger partial charge in [0.1, 0.15) is 17.5 Å². The van der Waals surface area contributed by atoms with E-state index in [4.69, 9.17) is 0 Å². The van der Waals surface area contributed by atoms with Crippen LogP contribution in [-0.2, 0) is 13.2 Å². The molecule has 1 fully saturated rings. The predicted molar refractivity (Wildman–Crippen MR) is 102 cm³/mol. The van der Waals surface area contributed by atoms with Gasteiger partial charge in [0.25, 0.3) is 5.56 Å². The summed E-state index contributed by atoms with van der Waals surface area (Å²) < 4.78 is 45.3. The highest BCUT2D eigenvalue weighted by atomic mass is 32.1. The molecule has 0 amide bonds. The molecule has 4 rings (SSSR count). The van der Waals surface area contributed by atoms with Crippen LogP contribution in [0.1, 0.15) is 24.2 Å². The highest BCUT2D eigenvalue weighted by Crippen LogP contribution is 2.36. The third-order valence-electron chi connectivity index (χ3n) is 4.72. The van der Waals surface area contributed by atoms with Gasteiger partial charge in [0.2, 0.25) is 0 Å². The lowest BCUT2D eigenvalue weighted by atomic mass is 10.1. The first-order valence-electron chi connectivity index (χ1n) is 8.63. The maximum atomic E-state index is 13.0. The Morgan fingerprint density at radius 1 is 1.31 bits per heavy atom. The van der Waals surface area contributed by atoms with Gasteiger partial charge in [-0.25, -0.2) is 9.36 Å². The average Bonchev–Trinajstić information content (AvgIpc) is 3.39. The molecule has 0 saturated heterocycles. The molecular weight excluding hydrogens is 405 g/mol. The van der Waals surface area contributed by atoms with Crippen LogP contribution in [0.15, 0.2) is 39.9 Å². The molecule has 29 heavy (non-hydrogen) atoms. The summed E-state index contributed by atoms with van der Waals surface area (Å²) in [6, 6.07) is 7.12. The molecular formula is C19H13F3N4O2S. The van der Waals surface area contributed by atoms with Gasteiger partial charge in [0.15, 0.2) is 0 Å². The van der Waals surface area contributed by atoms with E-state index in [0.717, 1.165) is 36.1 Å². The first kappa shape index (κ1) is 19.1. The number of nitrogens with zero attached hydrogens (tertiary/aromatic N) is 4. The van der Waals surface area contributed by atoms with Crippen LogP contribution in [0, 0.1) is 17.2 Å². The molecule has 3 aromatic rings. The molecule has 0 atom stereocenters. The zero-order valence-corrected chi connectivity index (χ0v) is 15.8. The number of halogens is 3. The zero-order chi connectivity index (χ0) is 20.9. The van der Waals surface area contributed by atoms with Gasteiger partial charge in [0, 0.05) is 18.5 Å². The van der Waals surface area contributed by atoms with Crippen LogP contribution < -0.4 is 11.2 Å². The molecule has 2 aromatic heterocycles. The molecule has 0 radical (unpaired) electrons. The highest BCUT2D eigenvalue weighted by Gasteiger charge is 2.35. The number of alkyl halides is 3. The van der Waals surface area contributed by atoms with Crippen LogP contribution in [0.5, 0.6) is 0 Å². The van der Waals surface area contributed by atoms with Crippen molar-refractivity contribution in [3.8, 4) is 11.8 Å². The first-order valence-corrected chi connectivity index (χ1v) is 9.40. The van der Waals surface area contributed by atoms with E-state index in [1.165, 1.54) is 12.1 Å². The average molecular weight is 418 g/mol. The number of nitriles is 1. The predicted octanol–water partition coefficient (Wildman–Crippen LogP) is 3.48. The van der Waals surface area contributed by atoms with Gasteiger partial charge < -0.3 is 0 Å². The van der Waals surface area contributed by atoms with E-state index >= 15 is 0 Å². The van der Waals surface area contributed by atoms with Crippen LogP contribution >= 0.6 is 11.5 Å². The van der Waals surface area contributed by atoms with Gasteiger partial charge in [-0.2, -0.15) is 22.8 Å². The van der Waals surface area contributed by atoms with Gasteiger partial charge >= 0.3 is 11.9 Å². The number of benzene rings is 1. The molecule has 148 valence electrons. The summed E-state index contributed by atoms with van der Waals surface area (Å²) >= 11 is 1.16. The molecule has 0 unspecified atom stereocenters. The van der Waals surface area contributed by atoms with Crippen molar-refractivity contribution in [2.24, 2.45) is 13.0 Å². The fourth-order valence-corrected chi connectivity index (χ4v) is 3.83. The number of aromatic nitrogens is 3. The second-order valence-electron chi connectivity index (χ2n) is 6.78. The smallest absolute Gasteiger partial charge is 0.292 e. The minimum atomic E-state index is -4.82. The lowest BCUT2D eigenvalue weighted by Crippen LogP contribution is -2.40. The molecule has 6 nitrogen and oxygen atoms in total. The summed E-state index contributed by atoms with van der Waals surface area (Å²) in [6.07, 6.45) is -0.953. The Bertz CT molecular complexity index is 1320. The lowest BCUT2D eigenvalue weighted by molar-refractivity contribution is -0.144. The van der Waals surface area contributed by atoms with E-state index in [1.54, 1.807) is 6.07 Å². The Kier molecular flexibility index (Phi) is 4.42. The Morgan fingerprint density at radius 2 is 2.03 bits per heavy atom. The number of hydrogen-bond donors (Lipinski definition) is 0. The fourth-order valence-electron chi connectivity index (χ4n) is 3.06. The molecule has 1 aliphatic carbocycles. The summed E-state index contributed by atoms with van der Waals surface area (Å²) in [7, 11) is 0.962. The zero-order valence-electron chi connectivity index (χ0n) is 15.0. The van der Waals surface area contributed by atoms with Crippen LogP contribution in [-0.4, -0.2) is 13.5 Å². The van der Waals surface area contributed by atoms with Crippen molar-refractivity contribution in [1.29, 1.82) is 5.26 Å². The van der Waals surface area contributed by atoms with Crippen molar-refractivity contribution in [1.82, 2.24) is 13.5 Å². The van der Waals surface area contributed by atoms with Crippen LogP contribution in [0.25, 0.3) is 21.3 Å². The monoisotopic (exact) mass is 418 g/mol. The Hall–Kier alpha value is -3.19. The highest BCUT2D eigenvalue weighted by molar-refractivity contribution is 7.13. The summed E-state index contributed by atoms with van der Waals surface area (Å²) in [5.74, 6) is 0.342. The Morgan fingerprint density at radius 3 is 2.66 bits per heavy atom. The summed E-state index contributed by atoms with van der Waals surface area (Å²) in [6.45, 7) is 0. The molecule has 0 aliphatic heterocycles. The van der Waals surface area contributed by atoms with Crippen molar-refractivity contribution >= 4 is 27.2 Å². The van der Waals surface area contributed by atoms with E-state index in [2.05, 4.69) is 10.4 Å². The normalized spacial score (nSPS) is 14.9. The van der Waals surface area contributed by atoms with Crippen molar-refractivity contribution in [3.63, 3.8) is 0 Å². The van der Waals surface area contributed by atoms with Gasteiger partial charge in [-0.1, -0.05) is 6.08 Å². The van der Waals surface area contributed by atoms with E-state index in [9.17, 15) is 28.0 Å². The van der Waals surface area contributed by atoms with Gasteiger partial charge in [-0.15, -0.1) is 0 Å². The molecule has 0 spiro atoms. The number of allylic oxidation sites excluding steroid dienone is 2. The third kappa shape index (κ3) is 3.38. The summed E-state index contributed by atoms with van der Waals surface area (Å²) in [5.41, 5.74) is -2.55. The van der Waals surface area contributed by atoms with Crippen molar-refractivity contribution in [2.75, 3.05) is 0 Å². The van der Waals surface area contributed by atoms with E-state index in [0.29, 0.717) is 37.8 Å². The molecule has 10 heteroatoms. The Balaban J connectivity index is 1.91. The molecule has 0 N–H and O–H groups in total. The lowest BCUT2D eigenvalue weighted by Gasteiger charge is -2.14. The van der Waals surface area contributed by atoms with Crippen LogP contribution in [0.3, 0.4) is 0 Å². The molecule has 2 heterocycles. The number of rotatable bonds is 3. The number of fused-ring (bicyclic) bond motifs is 1. The largest absolute Gasteiger partial charge is 0.431 e. The minimum absolute atomic E-state index is 0.113. The van der Waals surface area contributed by atoms with Crippen molar-refractivity contribution in [2.45, 2.75) is 19.0 Å². The second-order valence-corrected chi connectivity index (χ2v) is 7.59. The van der Waals surface area contributed by atoms with Crippen LogP contribution in [0.2, 0.25) is 0 Å². The molecule has 1 aliphatic rings. The standard InChI is InChI=1S/C19H13F3N4O2S/c1-25-15(19(20,21)22)8-16(27)26(18(25)28)12-4-5-14-13(7-12)17(24-29-14)11(9-23)6-10-2-3-10/h4-8,10H,2-3H2,1H3/b11-6+. The van der Waals surface area contributed by atoms with E-state index in [-0.39, 0.29) is 5.69 Å². The van der Waals surface area contributed by atoms with Gasteiger partial charge in [-0.3, -0.25) is 9.36 Å². The van der Waals surface area contributed by atoms with Crippen molar-refractivity contribution in [3.05, 3.63) is 62.6 Å². The quantitative estimate of drug-likeness (QED) is 0.610. The van der Waals surface area contributed by atoms with Gasteiger partial charge in [-0.05, 0) is 48.5 Å². The van der Waals surface area contributed by atoms with E-state index in [1.807, 2.05) is 6.08 Å². The topological polar surface area (TPSA) is 80.7 Å². The minimum Gasteiger partial charge on any atom is -0.292 e. The van der Waals surface area contributed by atoms with E-state index < -0.39 is 23.1 Å².